The molecule has 2 aliphatic rings. The van der Waals surface area contributed by atoms with E-state index < -0.39 is 0 Å². The number of anilines is 1. The zero-order valence-electron chi connectivity index (χ0n) is 13.7. The molecule has 21 heavy (non-hydrogen) atoms. The summed E-state index contributed by atoms with van der Waals surface area (Å²) in [5.74, 6) is 1.51. The van der Waals surface area contributed by atoms with Crippen LogP contribution < -0.4 is 10.1 Å². The molecule has 1 aromatic rings. The zero-order valence-corrected chi connectivity index (χ0v) is 13.7. The highest BCUT2D eigenvalue weighted by molar-refractivity contribution is 5.96. The molecule has 2 atom stereocenters. The van der Waals surface area contributed by atoms with Gasteiger partial charge in [0.15, 0.2) is 0 Å². The highest BCUT2D eigenvalue weighted by atomic mass is 16.5. The molecule has 0 spiro atoms. The maximum absolute atomic E-state index is 12.1. The first-order valence-electron chi connectivity index (χ1n) is 7.83. The first kappa shape index (κ1) is 14.4. The lowest BCUT2D eigenvalue weighted by Gasteiger charge is -2.49. The Kier molecular flexibility index (Phi) is 3.09. The summed E-state index contributed by atoms with van der Waals surface area (Å²) in [6.07, 6.45) is 2.78. The van der Waals surface area contributed by atoms with E-state index in [0.717, 1.165) is 24.3 Å². The maximum atomic E-state index is 12.1. The monoisotopic (exact) mass is 287 g/mol. The van der Waals surface area contributed by atoms with Gasteiger partial charge < -0.3 is 10.1 Å². The minimum atomic E-state index is -0.0341. The standard InChI is InChI=1S/C18H25NO2/c1-11(2)18(4)7-6-17(3)10-15(20)19-14-9-12(21-5)8-13(18)16(14)17/h8-9,11H,6-7,10H2,1-5H3,(H,19,20)/t17-,18-/m1/s1. The molecule has 3 heteroatoms. The molecule has 0 aromatic heterocycles. The van der Waals surface area contributed by atoms with E-state index in [9.17, 15) is 4.79 Å². The van der Waals surface area contributed by atoms with Crippen LogP contribution in [0.3, 0.4) is 0 Å². The molecule has 1 aliphatic carbocycles. The first-order valence-corrected chi connectivity index (χ1v) is 7.83. The zero-order chi connectivity index (χ0) is 15.4. The van der Waals surface area contributed by atoms with E-state index in [1.165, 1.54) is 11.1 Å². The SMILES string of the molecule is COc1cc2c3c(c1)[C@@](C)(C(C)C)CC[C@]3(C)CC(=O)N2. The Morgan fingerprint density at radius 2 is 1.95 bits per heavy atom. The summed E-state index contributed by atoms with van der Waals surface area (Å²) in [4.78, 5) is 12.1. The van der Waals surface area contributed by atoms with Gasteiger partial charge in [0.1, 0.15) is 5.75 Å². The summed E-state index contributed by atoms with van der Waals surface area (Å²) in [6, 6.07) is 4.16. The second kappa shape index (κ2) is 4.49. The van der Waals surface area contributed by atoms with Crippen LogP contribution >= 0.6 is 0 Å². The molecule has 3 rings (SSSR count). The number of rotatable bonds is 2. The number of carbonyl (C=O) groups is 1. The van der Waals surface area contributed by atoms with Crippen LogP contribution in [0.5, 0.6) is 5.75 Å². The quantitative estimate of drug-likeness (QED) is 0.892. The first-order chi connectivity index (χ1) is 9.80. The fourth-order valence-corrected chi connectivity index (χ4v) is 4.05. The van der Waals surface area contributed by atoms with Gasteiger partial charge >= 0.3 is 0 Å². The minimum Gasteiger partial charge on any atom is -0.497 e. The number of nitrogens with one attached hydrogen (secondary N) is 1. The predicted octanol–water partition coefficient (Wildman–Crippen LogP) is 4.00. The van der Waals surface area contributed by atoms with Crippen LogP contribution in [0.2, 0.25) is 0 Å². The Bertz CT molecular complexity index is 607. The number of benzene rings is 1. The van der Waals surface area contributed by atoms with E-state index >= 15 is 0 Å². The molecule has 0 unspecified atom stereocenters. The van der Waals surface area contributed by atoms with Gasteiger partial charge in [-0.1, -0.05) is 27.7 Å². The lowest BCUT2D eigenvalue weighted by molar-refractivity contribution is -0.117. The van der Waals surface area contributed by atoms with Crippen LogP contribution in [0.4, 0.5) is 5.69 Å². The van der Waals surface area contributed by atoms with Crippen LogP contribution in [0, 0.1) is 5.92 Å². The average Bonchev–Trinajstić information content (AvgIpc) is 2.41. The molecule has 0 bridgehead atoms. The van der Waals surface area contributed by atoms with Gasteiger partial charge in [0.05, 0.1) is 7.11 Å². The topological polar surface area (TPSA) is 38.3 Å². The van der Waals surface area contributed by atoms with Crippen LogP contribution in [-0.2, 0) is 15.6 Å². The van der Waals surface area contributed by atoms with E-state index in [2.05, 4.69) is 39.1 Å². The van der Waals surface area contributed by atoms with Gasteiger partial charge in [0.2, 0.25) is 5.91 Å². The molecule has 1 aliphatic heterocycles. The highest BCUT2D eigenvalue weighted by Crippen LogP contribution is 2.55. The van der Waals surface area contributed by atoms with Gasteiger partial charge in [-0.3, -0.25) is 4.79 Å². The summed E-state index contributed by atoms with van der Waals surface area (Å²) in [5, 5.41) is 3.06. The molecule has 0 fully saturated rings. The van der Waals surface area contributed by atoms with Crippen LogP contribution in [0.15, 0.2) is 12.1 Å². The second-order valence-corrected chi connectivity index (χ2v) is 7.46. The van der Waals surface area contributed by atoms with Gasteiger partial charge in [0.25, 0.3) is 0 Å². The van der Waals surface area contributed by atoms with E-state index in [0.29, 0.717) is 12.3 Å². The lowest BCUT2D eigenvalue weighted by Crippen LogP contribution is -2.45. The number of ether oxygens (including phenoxy) is 1. The number of hydrogen-bond acceptors (Lipinski definition) is 2. The fraction of sp³-hybridized carbons (Fsp3) is 0.611. The third-order valence-corrected chi connectivity index (χ3v) is 5.86. The maximum Gasteiger partial charge on any atom is 0.225 e. The Morgan fingerprint density at radius 3 is 2.57 bits per heavy atom. The molecule has 114 valence electrons. The molecule has 3 nitrogen and oxygen atoms in total. The molecule has 0 saturated heterocycles. The minimum absolute atomic E-state index is 0.0341. The Balaban J connectivity index is 2.30. The molecule has 1 amide bonds. The average molecular weight is 287 g/mol. The van der Waals surface area contributed by atoms with E-state index in [1.807, 2.05) is 6.07 Å². The number of amides is 1. The Morgan fingerprint density at radius 1 is 1.24 bits per heavy atom. The van der Waals surface area contributed by atoms with Crippen molar-refractivity contribution < 1.29 is 9.53 Å². The van der Waals surface area contributed by atoms with Crippen molar-refractivity contribution in [3.05, 3.63) is 23.3 Å². The van der Waals surface area contributed by atoms with Crippen molar-refractivity contribution in [2.75, 3.05) is 12.4 Å². The molecule has 1 heterocycles. The second-order valence-electron chi connectivity index (χ2n) is 7.46. The summed E-state index contributed by atoms with van der Waals surface area (Å²) in [5.41, 5.74) is 3.76. The Hall–Kier alpha value is -1.51. The fourth-order valence-electron chi connectivity index (χ4n) is 4.05. The van der Waals surface area contributed by atoms with Crippen LogP contribution in [-0.4, -0.2) is 13.0 Å². The van der Waals surface area contributed by atoms with Crippen molar-refractivity contribution in [1.29, 1.82) is 0 Å². The molecule has 1 N–H and O–H groups in total. The van der Waals surface area contributed by atoms with Crippen molar-refractivity contribution in [3.63, 3.8) is 0 Å². The van der Waals surface area contributed by atoms with Gasteiger partial charge in [-0.2, -0.15) is 0 Å². The van der Waals surface area contributed by atoms with Gasteiger partial charge in [0, 0.05) is 23.6 Å². The predicted molar refractivity (Wildman–Crippen MR) is 85.0 cm³/mol. The third kappa shape index (κ3) is 1.97. The number of hydrogen-bond donors (Lipinski definition) is 1. The van der Waals surface area contributed by atoms with Crippen molar-refractivity contribution in [1.82, 2.24) is 0 Å². The van der Waals surface area contributed by atoms with Crippen molar-refractivity contribution in [2.24, 2.45) is 5.92 Å². The number of carbonyl (C=O) groups excluding carboxylic acids is 1. The van der Waals surface area contributed by atoms with Gasteiger partial charge in [-0.05, 0) is 41.4 Å². The van der Waals surface area contributed by atoms with Crippen molar-refractivity contribution in [2.45, 2.75) is 57.8 Å². The Labute approximate surface area is 127 Å². The molecular weight excluding hydrogens is 262 g/mol. The van der Waals surface area contributed by atoms with Crippen molar-refractivity contribution in [3.8, 4) is 5.75 Å². The molecular formula is C18H25NO2. The summed E-state index contributed by atoms with van der Waals surface area (Å²) >= 11 is 0. The van der Waals surface area contributed by atoms with E-state index in [-0.39, 0.29) is 16.7 Å². The van der Waals surface area contributed by atoms with E-state index in [1.54, 1.807) is 7.11 Å². The van der Waals surface area contributed by atoms with Gasteiger partial charge in [-0.25, -0.2) is 0 Å². The van der Waals surface area contributed by atoms with Gasteiger partial charge in [-0.15, -0.1) is 0 Å². The number of methoxy groups -OCH3 is 1. The van der Waals surface area contributed by atoms with Crippen LogP contribution in [0.1, 0.15) is 58.1 Å². The molecule has 0 radical (unpaired) electrons. The van der Waals surface area contributed by atoms with Crippen molar-refractivity contribution >= 4 is 11.6 Å². The summed E-state index contributed by atoms with van der Waals surface area (Å²) in [7, 11) is 1.69. The van der Waals surface area contributed by atoms with Crippen LogP contribution in [0.25, 0.3) is 0 Å². The highest BCUT2D eigenvalue weighted by Gasteiger charge is 2.48. The molecule has 1 aromatic carbocycles. The normalized spacial score (nSPS) is 30.9. The third-order valence-electron chi connectivity index (χ3n) is 5.86. The lowest BCUT2D eigenvalue weighted by atomic mass is 9.56. The summed E-state index contributed by atoms with van der Waals surface area (Å²) < 4.78 is 5.47. The van der Waals surface area contributed by atoms with E-state index in [4.69, 9.17) is 4.74 Å². The summed E-state index contributed by atoms with van der Waals surface area (Å²) in [6.45, 7) is 9.16. The molecule has 0 saturated carbocycles. The smallest absolute Gasteiger partial charge is 0.225 e. The largest absolute Gasteiger partial charge is 0.497 e.